The van der Waals surface area contributed by atoms with Gasteiger partial charge >= 0.3 is 0 Å². The molecule has 1 aromatic carbocycles. The zero-order chi connectivity index (χ0) is 14.5. The zero-order valence-electron chi connectivity index (χ0n) is 11.5. The quantitative estimate of drug-likeness (QED) is 0.785. The highest BCUT2D eigenvalue weighted by Crippen LogP contribution is 2.06. The molecular weight excluding hydrogens is 256 g/mol. The first-order valence-electron chi connectivity index (χ1n) is 6.71. The molecule has 0 spiro atoms. The van der Waals surface area contributed by atoms with Crippen LogP contribution in [-0.2, 0) is 20.8 Å². The second kappa shape index (κ2) is 6.32. The van der Waals surface area contributed by atoms with Crippen LogP contribution in [0.5, 0.6) is 0 Å². The van der Waals surface area contributed by atoms with Gasteiger partial charge in [0.2, 0.25) is 11.8 Å². The third-order valence-electron chi connectivity index (χ3n) is 3.35. The molecule has 0 unspecified atom stereocenters. The van der Waals surface area contributed by atoms with Crippen molar-refractivity contribution in [2.45, 2.75) is 13.3 Å². The topological polar surface area (TPSA) is 57.7 Å². The van der Waals surface area contributed by atoms with Crippen molar-refractivity contribution in [3.63, 3.8) is 0 Å². The number of piperazine rings is 1. The molecule has 1 aliphatic heterocycles. The van der Waals surface area contributed by atoms with Crippen molar-refractivity contribution in [1.29, 1.82) is 0 Å². The summed E-state index contributed by atoms with van der Waals surface area (Å²) in [5.41, 5.74) is 0.920. The van der Waals surface area contributed by atoms with Crippen molar-refractivity contribution >= 4 is 17.6 Å². The molecule has 1 aromatic rings. The van der Waals surface area contributed by atoms with Gasteiger partial charge in [0, 0.05) is 13.0 Å². The normalized spacial score (nSPS) is 15.7. The third-order valence-corrected chi connectivity index (χ3v) is 3.35. The lowest BCUT2D eigenvalue weighted by atomic mass is 10.1. The minimum atomic E-state index is -0.159. The van der Waals surface area contributed by atoms with E-state index in [0.717, 1.165) is 5.56 Å². The summed E-state index contributed by atoms with van der Waals surface area (Å²) in [6.07, 6.45) is 0.288. The van der Waals surface area contributed by atoms with Crippen molar-refractivity contribution < 1.29 is 14.4 Å². The highest BCUT2D eigenvalue weighted by Gasteiger charge is 2.29. The van der Waals surface area contributed by atoms with Crippen LogP contribution >= 0.6 is 0 Å². The molecule has 0 aromatic heterocycles. The average Bonchev–Trinajstić information content (AvgIpc) is 2.43. The Morgan fingerprint density at radius 2 is 1.65 bits per heavy atom. The van der Waals surface area contributed by atoms with Crippen LogP contribution in [0.4, 0.5) is 0 Å². The summed E-state index contributed by atoms with van der Waals surface area (Å²) in [5, 5.41) is 0. The van der Waals surface area contributed by atoms with E-state index in [1.807, 2.05) is 37.3 Å². The minimum absolute atomic E-state index is 0.00715. The predicted octanol–water partition coefficient (Wildman–Crippen LogP) is 0.489. The van der Waals surface area contributed by atoms with E-state index in [1.54, 1.807) is 0 Å². The summed E-state index contributed by atoms with van der Waals surface area (Å²) in [6.45, 7) is 2.45. The number of amides is 2. The molecule has 5 heteroatoms. The van der Waals surface area contributed by atoms with Crippen LogP contribution in [-0.4, -0.2) is 53.6 Å². The average molecular weight is 274 g/mol. The standard InChI is InChI=1S/C15H18N2O3/c1-2-16-10-15(20)17(11-14(16)19)9-13(18)8-12-6-4-3-5-7-12/h3-7H,2,8-11H2,1H3. The van der Waals surface area contributed by atoms with Gasteiger partial charge in [0.1, 0.15) is 6.54 Å². The molecule has 1 heterocycles. The van der Waals surface area contributed by atoms with E-state index in [2.05, 4.69) is 0 Å². The molecule has 2 rings (SSSR count). The van der Waals surface area contributed by atoms with Crippen LogP contribution in [0.1, 0.15) is 12.5 Å². The van der Waals surface area contributed by atoms with Gasteiger partial charge < -0.3 is 9.80 Å². The molecule has 0 N–H and O–H groups in total. The monoisotopic (exact) mass is 274 g/mol. The molecule has 106 valence electrons. The Balaban J connectivity index is 1.91. The van der Waals surface area contributed by atoms with E-state index < -0.39 is 0 Å². The van der Waals surface area contributed by atoms with Crippen molar-refractivity contribution in [1.82, 2.24) is 9.80 Å². The molecule has 2 amide bonds. The molecule has 1 saturated heterocycles. The Bertz CT molecular complexity index is 513. The van der Waals surface area contributed by atoms with Gasteiger partial charge in [-0.05, 0) is 12.5 Å². The Morgan fingerprint density at radius 3 is 2.30 bits per heavy atom. The first kappa shape index (κ1) is 14.2. The summed E-state index contributed by atoms with van der Waals surface area (Å²) in [4.78, 5) is 38.4. The van der Waals surface area contributed by atoms with Crippen LogP contribution in [0.3, 0.4) is 0 Å². The highest BCUT2D eigenvalue weighted by atomic mass is 16.2. The number of ketones is 1. The fourth-order valence-corrected chi connectivity index (χ4v) is 2.23. The van der Waals surface area contributed by atoms with Crippen molar-refractivity contribution in [2.24, 2.45) is 0 Å². The van der Waals surface area contributed by atoms with Crippen LogP contribution in [0.25, 0.3) is 0 Å². The molecule has 0 atom stereocenters. The molecule has 1 aliphatic rings. The summed E-state index contributed by atoms with van der Waals surface area (Å²) >= 11 is 0. The summed E-state index contributed by atoms with van der Waals surface area (Å²) in [5.74, 6) is -0.310. The van der Waals surface area contributed by atoms with E-state index in [4.69, 9.17) is 0 Å². The maximum Gasteiger partial charge on any atom is 0.243 e. The van der Waals surface area contributed by atoms with Crippen molar-refractivity contribution in [2.75, 3.05) is 26.2 Å². The van der Waals surface area contributed by atoms with E-state index in [1.165, 1.54) is 9.80 Å². The fourth-order valence-electron chi connectivity index (χ4n) is 2.23. The number of benzene rings is 1. The van der Waals surface area contributed by atoms with Gasteiger partial charge in [0.05, 0.1) is 13.1 Å². The molecule has 0 aliphatic carbocycles. The summed E-state index contributed by atoms with van der Waals surface area (Å²) in [6, 6.07) is 9.38. The molecule has 0 radical (unpaired) electrons. The van der Waals surface area contributed by atoms with Crippen molar-refractivity contribution in [3.05, 3.63) is 35.9 Å². The number of hydrogen-bond donors (Lipinski definition) is 0. The molecule has 0 bridgehead atoms. The van der Waals surface area contributed by atoms with Gasteiger partial charge in [-0.3, -0.25) is 14.4 Å². The Morgan fingerprint density at radius 1 is 1.05 bits per heavy atom. The maximum atomic E-state index is 12.0. The van der Waals surface area contributed by atoms with Crippen LogP contribution in [0.15, 0.2) is 30.3 Å². The second-order valence-electron chi connectivity index (χ2n) is 4.86. The SMILES string of the molecule is CCN1CC(=O)N(CC(=O)Cc2ccccc2)CC1=O. The smallest absolute Gasteiger partial charge is 0.243 e. The lowest BCUT2D eigenvalue weighted by Crippen LogP contribution is -2.54. The van der Waals surface area contributed by atoms with Crippen LogP contribution in [0.2, 0.25) is 0 Å². The Labute approximate surface area is 118 Å². The van der Waals surface area contributed by atoms with Gasteiger partial charge in [-0.15, -0.1) is 0 Å². The number of rotatable bonds is 5. The maximum absolute atomic E-state index is 12.0. The number of carbonyl (C=O) groups is 3. The number of carbonyl (C=O) groups excluding carboxylic acids is 3. The van der Waals surface area contributed by atoms with Crippen molar-refractivity contribution in [3.8, 4) is 0 Å². The van der Waals surface area contributed by atoms with Crippen LogP contribution in [0, 0.1) is 0 Å². The number of Topliss-reactive ketones (excluding diaryl/α,β-unsaturated/α-hetero) is 1. The lowest BCUT2D eigenvalue weighted by molar-refractivity contribution is -0.151. The Hall–Kier alpha value is -2.17. The number of likely N-dealkylation sites (N-methyl/N-ethyl adjacent to an activating group) is 1. The number of hydrogen-bond acceptors (Lipinski definition) is 3. The van der Waals surface area contributed by atoms with Gasteiger partial charge in [0.25, 0.3) is 0 Å². The fraction of sp³-hybridized carbons (Fsp3) is 0.400. The molecule has 1 fully saturated rings. The van der Waals surface area contributed by atoms with E-state index in [0.29, 0.717) is 6.54 Å². The summed E-state index contributed by atoms with van der Waals surface area (Å²) in [7, 11) is 0. The molecular formula is C15H18N2O3. The zero-order valence-corrected chi connectivity index (χ0v) is 11.5. The summed E-state index contributed by atoms with van der Waals surface area (Å²) < 4.78 is 0. The highest BCUT2D eigenvalue weighted by molar-refractivity contribution is 5.95. The predicted molar refractivity (Wildman–Crippen MR) is 74.0 cm³/mol. The van der Waals surface area contributed by atoms with Gasteiger partial charge in [-0.25, -0.2) is 0 Å². The molecule has 20 heavy (non-hydrogen) atoms. The van der Waals surface area contributed by atoms with E-state index in [9.17, 15) is 14.4 Å². The second-order valence-corrected chi connectivity index (χ2v) is 4.86. The minimum Gasteiger partial charge on any atom is -0.332 e. The largest absolute Gasteiger partial charge is 0.332 e. The van der Waals surface area contributed by atoms with E-state index >= 15 is 0 Å². The lowest BCUT2D eigenvalue weighted by Gasteiger charge is -2.32. The van der Waals surface area contributed by atoms with Crippen LogP contribution < -0.4 is 0 Å². The van der Waals surface area contributed by atoms with Gasteiger partial charge in [-0.1, -0.05) is 30.3 Å². The first-order valence-corrected chi connectivity index (χ1v) is 6.71. The first-order chi connectivity index (χ1) is 9.60. The molecule has 5 nitrogen and oxygen atoms in total. The Kier molecular flexibility index (Phi) is 4.50. The molecule has 0 saturated carbocycles. The van der Waals surface area contributed by atoms with Gasteiger partial charge in [0.15, 0.2) is 5.78 Å². The van der Waals surface area contributed by atoms with Gasteiger partial charge in [-0.2, -0.15) is 0 Å². The number of nitrogens with zero attached hydrogens (tertiary/aromatic N) is 2. The third kappa shape index (κ3) is 3.44. The van der Waals surface area contributed by atoms with E-state index in [-0.39, 0.29) is 43.7 Å².